The Bertz CT molecular complexity index is 1060. The van der Waals surface area contributed by atoms with Crippen molar-refractivity contribution in [3.8, 4) is 0 Å². The number of nitrogens with zero attached hydrogens (tertiary/aromatic N) is 3. The number of hydrogen-bond donors (Lipinski definition) is 0. The average molecular weight is 397 g/mol. The van der Waals surface area contributed by atoms with E-state index in [0.29, 0.717) is 17.3 Å². The molecule has 4 rings (SSSR count). The van der Waals surface area contributed by atoms with E-state index in [1.165, 1.54) is 7.05 Å². The first-order chi connectivity index (χ1) is 13.6. The summed E-state index contributed by atoms with van der Waals surface area (Å²) in [6.07, 6.45) is 3.06. The first-order valence-electron chi connectivity index (χ1n) is 10.0. The number of carbonyl (C=O) groups excluding carboxylic acids is 2. The molecule has 0 N–H and O–H groups in total. The Balaban J connectivity index is 1.50. The lowest BCUT2D eigenvalue weighted by Gasteiger charge is -2.39. The fraction of sp³-hybridized carbons (Fsp3) is 0.545. The highest BCUT2D eigenvalue weighted by Crippen LogP contribution is 2.52. The fourth-order valence-corrected chi connectivity index (χ4v) is 5.48. The summed E-state index contributed by atoms with van der Waals surface area (Å²) in [6.45, 7) is 7.13. The van der Waals surface area contributed by atoms with Crippen LogP contribution in [0.15, 0.2) is 29.1 Å². The minimum absolute atomic E-state index is 0.0451. The van der Waals surface area contributed by atoms with E-state index < -0.39 is 5.97 Å². The summed E-state index contributed by atoms with van der Waals surface area (Å²) < 4.78 is 6.45. The highest BCUT2D eigenvalue weighted by atomic mass is 16.5. The summed E-state index contributed by atoms with van der Waals surface area (Å²) in [4.78, 5) is 39.6. The zero-order valence-corrected chi connectivity index (χ0v) is 17.4. The van der Waals surface area contributed by atoms with Gasteiger partial charge < -0.3 is 9.64 Å². The van der Waals surface area contributed by atoms with Crippen molar-refractivity contribution in [3.05, 3.63) is 40.3 Å². The smallest absolute Gasteiger partial charge is 0.359 e. The molecular weight excluding hydrogens is 370 g/mol. The molecule has 29 heavy (non-hydrogen) atoms. The second kappa shape index (κ2) is 6.68. The molecule has 1 aromatic carbocycles. The highest BCUT2D eigenvalue weighted by molar-refractivity contribution is 6.02. The Hall–Kier alpha value is -2.70. The monoisotopic (exact) mass is 397 g/mol. The van der Waals surface area contributed by atoms with Gasteiger partial charge in [-0.2, -0.15) is 5.10 Å². The van der Waals surface area contributed by atoms with Gasteiger partial charge in [0, 0.05) is 25.0 Å². The third kappa shape index (κ3) is 3.54. The minimum atomic E-state index is -0.695. The summed E-state index contributed by atoms with van der Waals surface area (Å²) >= 11 is 0. The van der Waals surface area contributed by atoms with Crippen molar-refractivity contribution in [1.82, 2.24) is 14.7 Å². The third-order valence-corrected chi connectivity index (χ3v) is 6.21. The number of likely N-dealkylation sites (tertiary alicyclic amines) is 1. The number of aryl methyl sites for hydroxylation is 1. The van der Waals surface area contributed by atoms with Gasteiger partial charge in [-0.1, -0.05) is 39.0 Å². The van der Waals surface area contributed by atoms with Crippen LogP contribution in [0.2, 0.25) is 0 Å². The quantitative estimate of drug-likeness (QED) is 0.744. The molecule has 2 fully saturated rings. The van der Waals surface area contributed by atoms with E-state index in [-0.39, 0.29) is 40.6 Å². The molecule has 7 nitrogen and oxygen atoms in total. The summed E-state index contributed by atoms with van der Waals surface area (Å²) in [5.74, 6) is -0.863. The van der Waals surface area contributed by atoms with Gasteiger partial charge in [-0.3, -0.25) is 9.59 Å². The SMILES string of the molecule is Cn1nc(C(=O)OCC(=O)N2C[C@@]3(C)C[C@@H]2CC(C)(C)C3)c2ccccc2c1=O. The van der Waals surface area contributed by atoms with Gasteiger partial charge in [0.2, 0.25) is 0 Å². The van der Waals surface area contributed by atoms with E-state index in [9.17, 15) is 14.4 Å². The van der Waals surface area contributed by atoms with Crippen LogP contribution in [0.25, 0.3) is 10.8 Å². The Kier molecular flexibility index (Phi) is 4.52. The molecule has 2 heterocycles. The van der Waals surface area contributed by atoms with Gasteiger partial charge in [0.25, 0.3) is 11.5 Å². The lowest BCUT2D eigenvalue weighted by Crippen LogP contribution is -2.40. The molecule has 7 heteroatoms. The van der Waals surface area contributed by atoms with Crippen LogP contribution in [-0.4, -0.2) is 45.8 Å². The Morgan fingerprint density at radius 3 is 2.59 bits per heavy atom. The fourth-order valence-electron chi connectivity index (χ4n) is 5.48. The first-order valence-corrected chi connectivity index (χ1v) is 10.0. The van der Waals surface area contributed by atoms with Gasteiger partial charge in [-0.05, 0) is 36.2 Å². The van der Waals surface area contributed by atoms with E-state index in [2.05, 4.69) is 25.9 Å². The van der Waals surface area contributed by atoms with E-state index in [1.54, 1.807) is 24.3 Å². The van der Waals surface area contributed by atoms with Crippen molar-refractivity contribution < 1.29 is 14.3 Å². The summed E-state index contributed by atoms with van der Waals surface area (Å²) in [6, 6.07) is 6.98. The van der Waals surface area contributed by atoms with Crippen LogP contribution >= 0.6 is 0 Å². The minimum Gasteiger partial charge on any atom is -0.451 e. The molecule has 2 atom stereocenters. The number of carbonyl (C=O) groups is 2. The summed E-state index contributed by atoms with van der Waals surface area (Å²) in [5, 5.41) is 4.89. The van der Waals surface area contributed by atoms with Crippen molar-refractivity contribution in [2.24, 2.45) is 17.9 Å². The maximum absolute atomic E-state index is 12.8. The molecular formula is C22H27N3O4. The number of hydrogen-bond acceptors (Lipinski definition) is 5. The molecule has 1 aliphatic carbocycles. The molecule has 2 aromatic rings. The van der Waals surface area contributed by atoms with Gasteiger partial charge in [0.15, 0.2) is 12.3 Å². The number of amides is 1. The van der Waals surface area contributed by atoms with Crippen LogP contribution in [0.5, 0.6) is 0 Å². The highest BCUT2D eigenvalue weighted by Gasteiger charge is 2.50. The van der Waals surface area contributed by atoms with Crippen molar-refractivity contribution in [2.45, 2.75) is 46.1 Å². The molecule has 0 unspecified atom stereocenters. The first kappa shape index (κ1) is 19.6. The number of fused-ring (bicyclic) bond motifs is 3. The van der Waals surface area contributed by atoms with Gasteiger partial charge >= 0.3 is 5.97 Å². The molecule has 2 aliphatic rings. The average Bonchev–Trinajstić information content (AvgIpc) is 2.91. The molecule has 1 amide bonds. The van der Waals surface area contributed by atoms with Gasteiger partial charge in [0.1, 0.15) is 0 Å². The number of esters is 1. The number of aromatic nitrogens is 2. The topological polar surface area (TPSA) is 81.5 Å². The maximum atomic E-state index is 12.8. The predicted octanol–water partition coefficient (Wildman–Crippen LogP) is 2.52. The zero-order chi connectivity index (χ0) is 21.0. The van der Waals surface area contributed by atoms with Crippen LogP contribution in [0.4, 0.5) is 0 Å². The van der Waals surface area contributed by atoms with Crippen molar-refractivity contribution in [3.63, 3.8) is 0 Å². The molecule has 0 radical (unpaired) electrons. The van der Waals surface area contributed by atoms with Gasteiger partial charge in [-0.25, -0.2) is 9.48 Å². The lowest BCUT2D eigenvalue weighted by atomic mass is 9.65. The van der Waals surface area contributed by atoms with Crippen LogP contribution < -0.4 is 5.56 Å². The van der Waals surface area contributed by atoms with Gasteiger partial charge in [-0.15, -0.1) is 0 Å². The maximum Gasteiger partial charge on any atom is 0.359 e. The molecule has 1 saturated heterocycles. The van der Waals surface area contributed by atoms with Crippen molar-refractivity contribution in [2.75, 3.05) is 13.2 Å². The molecule has 0 spiro atoms. The van der Waals surface area contributed by atoms with E-state index >= 15 is 0 Å². The van der Waals surface area contributed by atoms with Crippen LogP contribution in [0, 0.1) is 10.8 Å². The van der Waals surface area contributed by atoms with Crippen LogP contribution in [0.1, 0.15) is 50.5 Å². The van der Waals surface area contributed by atoms with E-state index in [1.807, 2.05) is 4.90 Å². The van der Waals surface area contributed by atoms with Gasteiger partial charge in [0.05, 0.1) is 5.39 Å². The standard InChI is InChI=1S/C22H27N3O4/c1-21(2)9-14-10-22(3,12-21)13-25(14)17(26)11-29-20(28)18-15-7-5-6-8-16(15)19(27)24(4)23-18/h5-8,14H,9-13H2,1-4H3/t14-,22-/m0/s1. The Labute approximate surface area is 169 Å². The number of benzene rings is 1. The number of rotatable bonds is 3. The van der Waals surface area contributed by atoms with E-state index in [4.69, 9.17) is 4.74 Å². The molecule has 1 saturated carbocycles. The summed E-state index contributed by atoms with van der Waals surface area (Å²) in [7, 11) is 1.49. The predicted molar refractivity (Wildman–Crippen MR) is 109 cm³/mol. The third-order valence-electron chi connectivity index (χ3n) is 6.21. The van der Waals surface area contributed by atoms with Crippen molar-refractivity contribution >= 4 is 22.6 Å². The largest absolute Gasteiger partial charge is 0.451 e. The molecule has 1 aliphatic heterocycles. The zero-order valence-electron chi connectivity index (χ0n) is 17.4. The second-order valence-corrected chi connectivity index (χ2v) is 9.63. The molecule has 2 bridgehead atoms. The summed E-state index contributed by atoms with van der Waals surface area (Å²) in [5.41, 5.74) is 0.0972. The van der Waals surface area contributed by atoms with Crippen LogP contribution in [-0.2, 0) is 16.6 Å². The Morgan fingerprint density at radius 1 is 1.17 bits per heavy atom. The lowest BCUT2D eigenvalue weighted by molar-refractivity contribution is -0.135. The van der Waals surface area contributed by atoms with Crippen molar-refractivity contribution in [1.29, 1.82) is 0 Å². The normalized spacial score (nSPS) is 25.2. The number of ether oxygens (including phenoxy) is 1. The molecule has 1 aromatic heterocycles. The van der Waals surface area contributed by atoms with Crippen LogP contribution in [0.3, 0.4) is 0 Å². The van der Waals surface area contributed by atoms with E-state index in [0.717, 1.165) is 23.9 Å². The second-order valence-electron chi connectivity index (χ2n) is 9.63. The Morgan fingerprint density at radius 2 is 1.86 bits per heavy atom. The molecule has 154 valence electrons.